The zero-order valence-corrected chi connectivity index (χ0v) is 16.6. The fourth-order valence-electron chi connectivity index (χ4n) is 4.40. The second-order valence-corrected chi connectivity index (χ2v) is 7.87. The molecule has 0 radical (unpaired) electrons. The zero-order chi connectivity index (χ0) is 19.8. The van der Waals surface area contributed by atoms with Gasteiger partial charge in [0, 0.05) is 56.5 Å². The molecule has 152 valence electrons. The van der Waals surface area contributed by atoms with E-state index < -0.39 is 0 Å². The largest absolute Gasteiger partial charge is 0.371 e. The lowest BCUT2D eigenvalue weighted by molar-refractivity contribution is 0.0301. The number of carbonyl (C=O) groups is 1. The molecular weight excluding hydrogens is 368 g/mol. The quantitative estimate of drug-likeness (QED) is 0.737. The summed E-state index contributed by atoms with van der Waals surface area (Å²) in [5, 5.41) is 8.80. The van der Waals surface area contributed by atoms with Crippen LogP contribution in [0.15, 0.2) is 24.3 Å². The molecule has 8 heteroatoms. The second kappa shape index (κ2) is 7.61. The van der Waals surface area contributed by atoms with Crippen LogP contribution in [0.3, 0.4) is 0 Å². The van der Waals surface area contributed by atoms with Gasteiger partial charge in [0.25, 0.3) is 0 Å². The fraction of sp³-hybridized carbons (Fsp3) is 0.476. The Balaban J connectivity index is 1.48. The molecule has 2 amide bonds. The minimum Gasteiger partial charge on any atom is -0.371 e. The molecule has 3 aliphatic heterocycles. The Hall–Kier alpha value is -2.71. The van der Waals surface area contributed by atoms with E-state index in [4.69, 9.17) is 14.7 Å². The number of nitrogens with one attached hydrogen (secondary N) is 3. The standard InChI is InChI=1S/C21H26N6O2/c1-22-21(28)24-14-4-2-13(3-5-14)19-25-18-8-9-23-10-17(18)20(26-19)27-11-15-6-7-16(12-27)29-15/h2-5,15-16,23H,6-12H2,1H3,(H2,22,24,28). The number of fused-ring (bicyclic) bond motifs is 3. The van der Waals surface area contributed by atoms with Gasteiger partial charge in [-0.1, -0.05) is 0 Å². The van der Waals surface area contributed by atoms with Crippen LogP contribution in [0.4, 0.5) is 16.3 Å². The highest BCUT2D eigenvalue weighted by atomic mass is 16.5. The molecule has 2 bridgehead atoms. The van der Waals surface area contributed by atoms with E-state index in [1.54, 1.807) is 7.05 Å². The summed E-state index contributed by atoms with van der Waals surface area (Å²) >= 11 is 0. The average Bonchev–Trinajstić information content (AvgIpc) is 3.10. The molecule has 29 heavy (non-hydrogen) atoms. The average molecular weight is 394 g/mol. The molecule has 4 heterocycles. The number of hydrogen-bond acceptors (Lipinski definition) is 6. The summed E-state index contributed by atoms with van der Waals surface area (Å²) in [6.07, 6.45) is 3.81. The zero-order valence-electron chi connectivity index (χ0n) is 16.6. The van der Waals surface area contributed by atoms with Crippen LogP contribution in [-0.4, -0.2) is 54.9 Å². The molecule has 8 nitrogen and oxygen atoms in total. The molecule has 0 saturated carbocycles. The first kappa shape index (κ1) is 18.3. The van der Waals surface area contributed by atoms with Gasteiger partial charge in [-0.05, 0) is 37.1 Å². The summed E-state index contributed by atoms with van der Waals surface area (Å²) in [6.45, 7) is 3.54. The van der Waals surface area contributed by atoms with E-state index in [1.165, 1.54) is 5.56 Å². The van der Waals surface area contributed by atoms with Crippen molar-refractivity contribution in [1.29, 1.82) is 0 Å². The molecular formula is C21H26N6O2. The fourth-order valence-corrected chi connectivity index (χ4v) is 4.40. The van der Waals surface area contributed by atoms with E-state index in [1.807, 2.05) is 24.3 Å². The smallest absolute Gasteiger partial charge is 0.318 e. The number of benzene rings is 1. The van der Waals surface area contributed by atoms with Crippen LogP contribution in [0.1, 0.15) is 24.1 Å². The van der Waals surface area contributed by atoms with Crippen molar-refractivity contribution in [3.8, 4) is 11.4 Å². The van der Waals surface area contributed by atoms with E-state index in [2.05, 4.69) is 20.9 Å². The molecule has 2 aromatic rings. The van der Waals surface area contributed by atoms with Crippen LogP contribution in [0.2, 0.25) is 0 Å². The highest BCUT2D eigenvalue weighted by molar-refractivity contribution is 5.89. The number of anilines is 2. The first-order chi connectivity index (χ1) is 14.2. The van der Waals surface area contributed by atoms with Gasteiger partial charge in [-0.2, -0.15) is 0 Å². The summed E-state index contributed by atoms with van der Waals surface area (Å²) in [7, 11) is 1.60. The van der Waals surface area contributed by atoms with Gasteiger partial charge in [0.15, 0.2) is 5.82 Å². The Morgan fingerprint density at radius 1 is 1.17 bits per heavy atom. The lowest BCUT2D eigenvalue weighted by atomic mass is 10.1. The van der Waals surface area contributed by atoms with Crippen LogP contribution >= 0.6 is 0 Å². The number of carbonyl (C=O) groups excluding carboxylic acids is 1. The molecule has 1 aromatic carbocycles. The summed E-state index contributed by atoms with van der Waals surface area (Å²) in [5.74, 6) is 1.79. The lowest BCUT2D eigenvalue weighted by Crippen LogP contribution is -2.44. The molecule has 3 aliphatic rings. The number of urea groups is 1. The second-order valence-electron chi connectivity index (χ2n) is 7.87. The summed E-state index contributed by atoms with van der Waals surface area (Å²) in [6, 6.07) is 7.44. The minimum atomic E-state index is -0.237. The van der Waals surface area contributed by atoms with Gasteiger partial charge in [0.05, 0.1) is 17.9 Å². The first-order valence-corrected chi connectivity index (χ1v) is 10.3. The van der Waals surface area contributed by atoms with Gasteiger partial charge in [-0.3, -0.25) is 0 Å². The Morgan fingerprint density at radius 3 is 2.66 bits per heavy atom. The van der Waals surface area contributed by atoms with Gasteiger partial charge < -0.3 is 25.6 Å². The monoisotopic (exact) mass is 394 g/mol. The Bertz CT molecular complexity index is 904. The highest BCUT2D eigenvalue weighted by Gasteiger charge is 2.35. The Labute approximate surface area is 170 Å². The van der Waals surface area contributed by atoms with Gasteiger partial charge in [-0.15, -0.1) is 0 Å². The van der Waals surface area contributed by atoms with E-state index in [0.717, 1.165) is 74.0 Å². The van der Waals surface area contributed by atoms with Crippen LogP contribution in [0, 0.1) is 0 Å². The summed E-state index contributed by atoms with van der Waals surface area (Å²) in [5.41, 5.74) is 4.04. The van der Waals surface area contributed by atoms with Crippen molar-refractivity contribution in [1.82, 2.24) is 20.6 Å². The maximum absolute atomic E-state index is 11.5. The molecule has 2 fully saturated rings. The Kier molecular flexibility index (Phi) is 4.81. The maximum atomic E-state index is 11.5. The van der Waals surface area contributed by atoms with Crippen molar-refractivity contribution in [2.24, 2.45) is 0 Å². The third-order valence-electron chi connectivity index (χ3n) is 5.88. The van der Waals surface area contributed by atoms with Gasteiger partial charge >= 0.3 is 6.03 Å². The van der Waals surface area contributed by atoms with Crippen molar-refractivity contribution < 1.29 is 9.53 Å². The number of amides is 2. The van der Waals surface area contributed by atoms with Crippen LogP contribution in [0.5, 0.6) is 0 Å². The number of hydrogen-bond donors (Lipinski definition) is 3. The van der Waals surface area contributed by atoms with E-state index in [0.29, 0.717) is 12.2 Å². The lowest BCUT2D eigenvalue weighted by Gasteiger charge is -2.35. The minimum absolute atomic E-state index is 0.237. The van der Waals surface area contributed by atoms with E-state index >= 15 is 0 Å². The molecule has 0 aliphatic carbocycles. The molecule has 2 atom stereocenters. The molecule has 3 N–H and O–H groups in total. The highest BCUT2D eigenvalue weighted by Crippen LogP contribution is 2.33. The van der Waals surface area contributed by atoms with Gasteiger partial charge in [-0.25, -0.2) is 14.8 Å². The number of ether oxygens (including phenoxy) is 1. The van der Waals surface area contributed by atoms with Gasteiger partial charge in [0.2, 0.25) is 0 Å². The summed E-state index contributed by atoms with van der Waals surface area (Å²) in [4.78, 5) is 23.8. The molecule has 0 spiro atoms. The summed E-state index contributed by atoms with van der Waals surface area (Å²) < 4.78 is 6.02. The molecule has 2 unspecified atom stereocenters. The van der Waals surface area contributed by atoms with Crippen molar-refractivity contribution in [3.63, 3.8) is 0 Å². The van der Waals surface area contributed by atoms with E-state index in [9.17, 15) is 4.79 Å². The van der Waals surface area contributed by atoms with Gasteiger partial charge in [0.1, 0.15) is 5.82 Å². The predicted molar refractivity (Wildman–Crippen MR) is 111 cm³/mol. The number of morpholine rings is 1. The third kappa shape index (κ3) is 3.65. The predicted octanol–water partition coefficient (Wildman–Crippen LogP) is 1.91. The molecule has 5 rings (SSSR count). The maximum Gasteiger partial charge on any atom is 0.318 e. The Morgan fingerprint density at radius 2 is 1.93 bits per heavy atom. The first-order valence-electron chi connectivity index (χ1n) is 10.3. The van der Waals surface area contributed by atoms with Crippen LogP contribution < -0.4 is 20.9 Å². The van der Waals surface area contributed by atoms with Crippen LogP contribution in [-0.2, 0) is 17.7 Å². The topological polar surface area (TPSA) is 91.4 Å². The van der Waals surface area contributed by atoms with Crippen molar-refractivity contribution >= 4 is 17.5 Å². The van der Waals surface area contributed by atoms with Crippen molar-refractivity contribution in [2.45, 2.75) is 38.0 Å². The number of aromatic nitrogens is 2. The molecule has 1 aromatic heterocycles. The van der Waals surface area contributed by atoms with Crippen molar-refractivity contribution in [2.75, 3.05) is 36.9 Å². The SMILES string of the molecule is CNC(=O)Nc1ccc(-c2nc3c(c(N4CC5CCC(C4)O5)n2)CNCC3)cc1. The molecule has 2 saturated heterocycles. The number of rotatable bonds is 3. The van der Waals surface area contributed by atoms with Crippen molar-refractivity contribution in [3.05, 3.63) is 35.5 Å². The van der Waals surface area contributed by atoms with E-state index in [-0.39, 0.29) is 6.03 Å². The normalized spacial score (nSPS) is 22.9. The number of nitrogens with zero attached hydrogens (tertiary/aromatic N) is 3. The van der Waals surface area contributed by atoms with Crippen LogP contribution in [0.25, 0.3) is 11.4 Å². The third-order valence-corrected chi connectivity index (χ3v) is 5.88.